The number of carboxylic acid groups (broad SMARTS) is 1. The van der Waals surface area contributed by atoms with E-state index in [0.29, 0.717) is 24.3 Å². The van der Waals surface area contributed by atoms with Crippen LogP contribution in [0.2, 0.25) is 0 Å². The fourth-order valence-electron chi connectivity index (χ4n) is 5.31. The van der Waals surface area contributed by atoms with Gasteiger partial charge in [-0.2, -0.15) is 0 Å². The molecular weight excluding hydrogens is 297 g/mol. The smallest absolute Gasteiger partial charge is 0.405 e. The molecule has 0 spiro atoms. The first kappa shape index (κ1) is 16.2. The Kier molecular flexibility index (Phi) is 4.08. The topological polar surface area (TPSA) is 58.6 Å². The molecular formula is C18H24FNO3. The van der Waals surface area contributed by atoms with Crippen LogP contribution < -0.4 is 5.32 Å². The summed E-state index contributed by atoms with van der Waals surface area (Å²) in [7, 11) is 1.61. The summed E-state index contributed by atoms with van der Waals surface area (Å²) in [5.41, 5.74) is -0.671. The second kappa shape index (κ2) is 5.78. The van der Waals surface area contributed by atoms with Crippen molar-refractivity contribution < 1.29 is 19.0 Å². The molecule has 2 aliphatic rings. The Morgan fingerprint density at radius 3 is 2.78 bits per heavy atom. The van der Waals surface area contributed by atoms with Crippen LogP contribution in [0, 0.1) is 11.7 Å². The molecule has 4 nitrogen and oxygen atoms in total. The second-order valence-corrected chi connectivity index (χ2v) is 6.91. The van der Waals surface area contributed by atoms with E-state index in [1.807, 2.05) is 19.1 Å². The van der Waals surface area contributed by atoms with Crippen molar-refractivity contribution in [3.8, 4) is 0 Å². The minimum absolute atomic E-state index is 0.252. The maximum Gasteiger partial charge on any atom is 0.405 e. The highest BCUT2D eigenvalue weighted by molar-refractivity contribution is 5.67. The molecule has 126 valence electrons. The molecule has 0 heterocycles. The van der Waals surface area contributed by atoms with Gasteiger partial charge in [0.25, 0.3) is 0 Å². The number of methoxy groups -OCH3 is 1. The molecule has 23 heavy (non-hydrogen) atoms. The van der Waals surface area contributed by atoms with Crippen molar-refractivity contribution in [2.45, 2.75) is 56.1 Å². The predicted octanol–water partition coefficient (Wildman–Crippen LogP) is 3.70. The molecule has 1 aromatic rings. The van der Waals surface area contributed by atoms with Crippen molar-refractivity contribution >= 4 is 6.09 Å². The Labute approximate surface area is 136 Å². The zero-order valence-corrected chi connectivity index (χ0v) is 13.6. The highest BCUT2D eigenvalue weighted by Gasteiger charge is 2.66. The molecule has 0 saturated heterocycles. The zero-order chi connectivity index (χ0) is 16.7. The summed E-state index contributed by atoms with van der Waals surface area (Å²) in [5.74, 6) is 0.156. The lowest BCUT2D eigenvalue weighted by Gasteiger charge is -2.51. The molecule has 2 fully saturated rings. The minimum Gasteiger partial charge on any atom is -0.465 e. The van der Waals surface area contributed by atoms with Gasteiger partial charge < -0.3 is 15.2 Å². The molecule has 2 saturated carbocycles. The first-order valence-corrected chi connectivity index (χ1v) is 8.28. The number of hydrogen-bond acceptors (Lipinski definition) is 2. The number of fused-ring (bicyclic) bond motifs is 2. The SMILES string of the molecule is CCC(OC)[C@]1(NC(=O)O)CC2CC[C@@]1(c1ccccc1F)C2. The minimum atomic E-state index is -1.07. The molecule has 1 amide bonds. The van der Waals surface area contributed by atoms with Crippen molar-refractivity contribution in [2.75, 3.05) is 7.11 Å². The van der Waals surface area contributed by atoms with Gasteiger partial charge in [0.15, 0.2) is 0 Å². The van der Waals surface area contributed by atoms with Crippen LogP contribution in [0.4, 0.5) is 9.18 Å². The summed E-state index contributed by atoms with van der Waals surface area (Å²) in [6, 6.07) is 6.79. The van der Waals surface area contributed by atoms with Crippen LogP contribution in [0.3, 0.4) is 0 Å². The number of ether oxygens (including phenoxy) is 1. The quantitative estimate of drug-likeness (QED) is 0.869. The highest BCUT2D eigenvalue weighted by Crippen LogP contribution is 2.62. The Hall–Kier alpha value is -1.62. The molecule has 0 aromatic heterocycles. The fraction of sp³-hybridized carbons (Fsp3) is 0.611. The van der Waals surface area contributed by atoms with Crippen molar-refractivity contribution in [1.82, 2.24) is 5.32 Å². The molecule has 2 unspecified atom stereocenters. The normalized spacial score (nSPS) is 33.6. The van der Waals surface area contributed by atoms with E-state index in [9.17, 15) is 14.3 Å². The van der Waals surface area contributed by atoms with Crippen LogP contribution in [-0.2, 0) is 10.2 Å². The maximum atomic E-state index is 14.6. The van der Waals surface area contributed by atoms with Crippen LogP contribution in [0.15, 0.2) is 24.3 Å². The lowest BCUT2D eigenvalue weighted by molar-refractivity contribution is -0.0240. The molecule has 2 aliphatic carbocycles. The van der Waals surface area contributed by atoms with Gasteiger partial charge in [-0.25, -0.2) is 9.18 Å². The van der Waals surface area contributed by atoms with E-state index in [0.717, 1.165) is 19.3 Å². The molecule has 0 aliphatic heterocycles. The van der Waals surface area contributed by atoms with Gasteiger partial charge in [-0.3, -0.25) is 0 Å². The van der Waals surface area contributed by atoms with Gasteiger partial charge in [0.2, 0.25) is 0 Å². The van der Waals surface area contributed by atoms with Crippen molar-refractivity contribution in [3.63, 3.8) is 0 Å². The summed E-state index contributed by atoms with van der Waals surface area (Å²) < 4.78 is 20.3. The van der Waals surface area contributed by atoms with Gasteiger partial charge in [-0.15, -0.1) is 0 Å². The summed E-state index contributed by atoms with van der Waals surface area (Å²) >= 11 is 0. The Bertz CT molecular complexity index is 604. The van der Waals surface area contributed by atoms with E-state index >= 15 is 0 Å². The van der Waals surface area contributed by atoms with E-state index in [1.54, 1.807) is 13.2 Å². The van der Waals surface area contributed by atoms with Crippen LogP contribution >= 0.6 is 0 Å². The standard InChI is InChI=1S/C18H24FNO3/c1-3-15(23-2)18(20-16(21)22)11-12-8-9-17(18,10-12)13-6-4-5-7-14(13)19/h4-7,12,15,20H,3,8-11H2,1-2H3,(H,21,22)/t12?,15?,17-,18+/m0/s1. The van der Waals surface area contributed by atoms with E-state index in [1.165, 1.54) is 6.07 Å². The largest absolute Gasteiger partial charge is 0.465 e. The molecule has 2 N–H and O–H groups in total. The van der Waals surface area contributed by atoms with Gasteiger partial charge >= 0.3 is 6.09 Å². The summed E-state index contributed by atoms with van der Waals surface area (Å²) in [5, 5.41) is 12.3. The molecule has 4 atom stereocenters. The van der Waals surface area contributed by atoms with Crippen LogP contribution in [0.1, 0.15) is 44.6 Å². The van der Waals surface area contributed by atoms with Gasteiger partial charge in [0.1, 0.15) is 5.82 Å². The second-order valence-electron chi connectivity index (χ2n) is 6.91. The van der Waals surface area contributed by atoms with E-state index in [4.69, 9.17) is 4.74 Å². The molecule has 1 aromatic carbocycles. The number of rotatable bonds is 5. The fourth-order valence-corrected chi connectivity index (χ4v) is 5.31. The monoisotopic (exact) mass is 321 g/mol. The maximum absolute atomic E-state index is 14.6. The number of benzene rings is 1. The molecule has 5 heteroatoms. The van der Waals surface area contributed by atoms with Gasteiger partial charge in [0.05, 0.1) is 11.6 Å². The Balaban J connectivity index is 2.18. The highest BCUT2D eigenvalue weighted by atomic mass is 19.1. The Morgan fingerprint density at radius 2 is 2.22 bits per heavy atom. The molecule has 0 radical (unpaired) electrons. The number of halogens is 1. The van der Waals surface area contributed by atoms with Crippen molar-refractivity contribution in [2.24, 2.45) is 5.92 Å². The van der Waals surface area contributed by atoms with Crippen LogP contribution in [0.5, 0.6) is 0 Å². The summed E-state index contributed by atoms with van der Waals surface area (Å²) in [6.45, 7) is 1.99. The lowest BCUT2D eigenvalue weighted by Crippen LogP contribution is -2.66. The zero-order valence-electron chi connectivity index (χ0n) is 13.6. The van der Waals surface area contributed by atoms with E-state index < -0.39 is 17.0 Å². The first-order valence-electron chi connectivity index (χ1n) is 8.28. The average molecular weight is 321 g/mol. The van der Waals surface area contributed by atoms with Crippen molar-refractivity contribution in [1.29, 1.82) is 0 Å². The number of amides is 1. The number of nitrogens with one attached hydrogen (secondary N) is 1. The third kappa shape index (κ3) is 2.24. The number of carbonyl (C=O) groups is 1. The van der Waals surface area contributed by atoms with E-state index in [2.05, 4.69) is 5.32 Å². The molecule has 3 rings (SSSR count). The van der Waals surface area contributed by atoms with Crippen LogP contribution in [-0.4, -0.2) is 30.0 Å². The first-order chi connectivity index (χ1) is 11.0. The van der Waals surface area contributed by atoms with Crippen LogP contribution in [0.25, 0.3) is 0 Å². The third-order valence-corrected chi connectivity index (χ3v) is 6.01. The number of hydrogen-bond donors (Lipinski definition) is 2. The summed E-state index contributed by atoms with van der Waals surface area (Å²) in [4.78, 5) is 11.6. The van der Waals surface area contributed by atoms with Crippen molar-refractivity contribution in [3.05, 3.63) is 35.6 Å². The predicted molar refractivity (Wildman–Crippen MR) is 85.0 cm³/mol. The van der Waals surface area contributed by atoms with Gasteiger partial charge in [0, 0.05) is 12.5 Å². The summed E-state index contributed by atoms with van der Waals surface area (Å²) in [6.07, 6.45) is 2.66. The Morgan fingerprint density at radius 1 is 1.48 bits per heavy atom. The average Bonchev–Trinajstić information content (AvgIpc) is 3.05. The third-order valence-electron chi connectivity index (χ3n) is 6.01. The van der Waals surface area contributed by atoms with Gasteiger partial charge in [-0.1, -0.05) is 25.1 Å². The lowest BCUT2D eigenvalue weighted by atomic mass is 9.61. The van der Waals surface area contributed by atoms with Gasteiger partial charge in [-0.05, 0) is 49.7 Å². The van der Waals surface area contributed by atoms with E-state index in [-0.39, 0.29) is 11.9 Å². The molecule has 2 bridgehead atoms.